The van der Waals surface area contributed by atoms with Crippen LogP contribution in [0.3, 0.4) is 0 Å². The summed E-state index contributed by atoms with van der Waals surface area (Å²) >= 11 is 0. The second-order valence-corrected chi connectivity index (χ2v) is 8.16. The summed E-state index contributed by atoms with van der Waals surface area (Å²) < 4.78 is 10.7. The number of likely N-dealkylation sites (tertiary alicyclic amines) is 1. The highest BCUT2D eigenvalue weighted by Crippen LogP contribution is 2.22. The van der Waals surface area contributed by atoms with Gasteiger partial charge >= 0.3 is 6.09 Å². The number of aryl methyl sites for hydroxylation is 1. The number of hydrogen-bond acceptors (Lipinski definition) is 4. The van der Waals surface area contributed by atoms with Gasteiger partial charge in [-0.1, -0.05) is 6.07 Å². The van der Waals surface area contributed by atoms with Gasteiger partial charge in [0.2, 0.25) is 0 Å². The van der Waals surface area contributed by atoms with Crippen LogP contribution in [0.5, 0.6) is 5.75 Å². The van der Waals surface area contributed by atoms with E-state index in [4.69, 9.17) is 9.47 Å². The van der Waals surface area contributed by atoms with Gasteiger partial charge in [0.05, 0.1) is 7.11 Å². The third kappa shape index (κ3) is 6.45. The van der Waals surface area contributed by atoms with Crippen LogP contribution in [0.25, 0.3) is 0 Å². The number of benzene rings is 1. The Balaban J connectivity index is 1.81. The minimum absolute atomic E-state index is 0.104. The monoisotopic (exact) mass is 376 g/mol. The standard InChI is InChI=1S/C21H32N2O4/c1-15-8-9-17(13-18(15)26-5)19(24)22-11-10-16-7-6-12-23(14-16)20(25)27-21(2,3)4/h8-9,13,16H,6-7,10-12,14H2,1-5H3,(H,22,24). The fourth-order valence-corrected chi connectivity index (χ4v) is 3.25. The SMILES string of the molecule is COc1cc(C(=O)NCCC2CCCN(C(=O)OC(C)(C)C)C2)ccc1C. The summed E-state index contributed by atoms with van der Waals surface area (Å²) in [5.41, 5.74) is 1.11. The first-order valence-electron chi connectivity index (χ1n) is 9.60. The Morgan fingerprint density at radius 3 is 2.70 bits per heavy atom. The number of amides is 2. The molecule has 1 aromatic carbocycles. The minimum Gasteiger partial charge on any atom is -0.496 e. The lowest BCUT2D eigenvalue weighted by molar-refractivity contribution is 0.0161. The van der Waals surface area contributed by atoms with Crippen molar-refractivity contribution in [1.82, 2.24) is 10.2 Å². The molecule has 1 aliphatic rings. The van der Waals surface area contributed by atoms with E-state index in [1.165, 1.54) is 0 Å². The summed E-state index contributed by atoms with van der Waals surface area (Å²) in [6, 6.07) is 5.45. The number of methoxy groups -OCH3 is 1. The molecule has 2 amide bonds. The van der Waals surface area contributed by atoms with Crippen molar-refractivity contribution in [2.75, 3.05) is 26.7 Å². The molecule has 1 atom stereocenters. The molecule has 0 saturated carbocycles. The second kappa shape index (κ2) is 9.11. The Hall–Kier alpha value is -2.24. The van der Waals surface area contributed by atoms with Gasteiger partial charge in [-0.15, -0.1) is 0 Å². The number of ether oxygens (including phenoxy) is 2. The Morgan fingerprint density at radius 2 is 2.04 bits per heavy atom. The summed E-state index contributed by atoms with van der Waals surface area (Å²) in [6.07, 6.45) is 2.62. The smallest absolute Gasteiger partial charge is 0.410 e. The summed E-state index contributed by atoms with van der Waals surface area (Å²) in [5, 5.41) is 2.97. The van der Waals surface area contributed by atoms with E-state index in [-0.39, 0.29) is 12.0 Å². The van der Waals surface area contributed by atoms with E-state index in [0.29, 0.717) is 30.3 Å². The molecule has 1 aromatic rings. The van der Waals surface area contributed by atoms with Crippen LogP contribution < -0.4 is 10.1 Å². The van der Waals surface area contributed by atoms with Crippen LogP contribution in [0.1, 0.15) is 56.0 Å². The van der Waals surface area contributed by atoms with Gasteiger partial charge in [0.25, 0.3) is 5.91 Å². The van der Waals surface area contributed by atoms with Gasteiger partial charge in [-0.05, 0) is 70.6 Å². The summed E-state index contributed by atoms with van der Waals surface area (Å²) in [4.78, 5) is 26.4. The van der Waals surface area contributed by atoms with Gasteiger partial charge in [-0.25, -0.2) is 4.79 Å². The maximum Gasteiger partial charge on any atom is 0.410 e. The molecule has 150 valence electrons. The number of carbonyl (C=O) groups excluding carboxylic acids is 2. The largest absolute Gasteiger partial charge is 0.496 e. The van der Waals surface area contributed by atoms with E-state index >= 15 is 0 Å². The second-order valence-electron chi connectivity index (χ2n) is 8.16. The zero-order chi connectivity index (χ0) is 20.0. The lowest BCUT2D eigenvalue weighted by Gasteiger charge is -2.34. The van der Waals surface area contributed by atoms with E-state index in [0.717, 1.165) is 31.4 Å². The van der Waals surface area contributed by atoms with Crippen LogP contribution in [0.15, 0.2) is 18.2 Å². The molecule has 0 aliphatic carbocycles. The first-order chi connectivity index (χ1) is 12.7. The number of rotatable bonds is 5. The zero-order valence-electron chi connectivity index (χ0n) is 17.1. The van der Waals surface area contributed by atoms with Crippen LogP contribution in [0.2, 0.25) is 0 Å². The van der Waals surface area contributed by atoms with Crippen molar-refractivity contribution < 1.29 is 19.1 Å². The Labute approximate surface area is 162 Å². The fraction of sp³-hybridized carbons (Fsp3) is 0.619. The molecular weight excluding hydrogens is 344 g/mol. The first-order valence-corrected chi connectivity index (χ1v) is 9.60. The first kappa shape index (κ1) is 21.1. The summed E-state index contributed by atoms with van der Waals surface area (Å²) in [7, 11) is 1.60. The molecule has 27 heavy (non-hydrogen) atoms. The van der Waals surface area contributed by atoms with Crippen molar-refractivity contribution in [2.24, 2.45) is 5.92 Å². The molecule has 0 aromatic heterocycles. The maximum absolute atomic E-state index is 12.3. The zero-order valence-corrected chi connectivity index (χ0v) is 17.1. The normalized spacial score (nSPS) is 17.4. The van der Waals surface area contributed by atoms with Crippen LogP contribution in [0.4, 0.5) is 4.79 Å². The van der Waals surface area contributed by atoms with Crippen LogP contribution in [-0.4, -0.2) is 49.2 Å². The Bertz CT molecular complexity index is 667. The lowest BCUT2D eigenvalue weighted by atomic mass is 9.95. The fourth-order valence-electron chi connectivity index (χ4n) is 3.25. The van der Waals surface area contributed by atoms with Crippen LogP contribution >= 0.6 is 0 Å². The average molecular weight is 376 g/mol. The van der Waals surface area contributed by atoms with Crippen LogP contribution in [-0.2, 0) is 4.74 Å². The van der Waals surface area contributed by atoms with Gasteiger partial charge < -0.3 is 19.7 Å². The van der Waals surface area contributed by atoms with Gasteiger partial charge in [0.1, 0.15) is 11.4 Å². The molecule has 1 unspecified atom stereocenters. The van der Waals surface area contributed by atoms with E-state index in [9.17, 15) is 9.59 Å². The highest BCUT2D eigenvalue weighted by Gasteiger charge is 2.27. The van der Waals surface area contributed by atoms with Gasteiger partial charge in [-0.3, -0.25) is 4.79 Å². The molecule has 1 N–H and O–H groups in total. The molecular formula is C21H32N2O4. The highest BCUT2D eigenvalue weighted by molar-refractivity contribution is 5.94. The number of hydrogen-bond donors (Lipinski definition) is 1. The van der Waals surface area contributed by atoms with E-state index < -0.39 is 5.60 Å². The van der Waals surface area contributed by atoms with Gasteiger partial charge in [0, 0.05) is 25.2 Å². The molecule has 0 spiro atoms. The van der Waals surface area contributed by atoms with Crippen molar-refractivity contribution in [3.8, 4) is 5.75 Å². The molecule has 6 heteroatoms. The maximum atomic E-state index is 12.3. The number of nitrogens with one attached hydrogen (secondary N) is 1. The molecule has 0 radical (unpaired) electrons. The Morgan fingerprint density at radius 1 is 1.30 bits per heavy atom. The van der Waals surface area contributed by atoms with Crippen molar-refractivity contribution >= 4 is 12.0 Å². The number of piperidine rings is 1. The quantitative estimate of drug-likeness (QED) is 0.849. The van der Waals surface area contributed by atoms with Crippen molar-refractivity contribution in [3.63, 3.8) is 0 Å². The predicted molar refractivity (Wildman–Crippen MR) is 105 cm³/mol. The van der Waals surface area contributed by atoms with Crippen LogP contribution in [0, 0.1) is 12.8 Å². The van der Waals surface area contributed by atoms with Gasteiger partial charge in [-0.2, -0.15) is 0 Å². The van der Waals surface area contributed by atoms with Crippen molar-refractivity contribution in [2.45, 2.75) is 52.6 Å². The molecule has 2 rings (SSSR count). The Kier molecular flexibility index (Phi) is 7.11. The van der Waals surface area contributed by atoms with Crippen molar-refractivity contribution in [1.29, 1.82) is 0 Å². The molecule has 0 bridgehead atoms. The van der Waals surface area contributed by atoms with Crippen molar-refractivity contribution in [3.05, 3.63) is 29.3 Å². The van der Waals surface area contributed by atoms with E-state index in [2.05, 4.69) is 5.32 Å². The number of carbonyl (C=O) groups is 2. The van der Waals surface area contributed by atoms with Gasteiger partial charge in [0.15, 0.2) is 0 Å². The van der Waals surface area contributed by atoms with E-state index in [1.807, 2.05) is 33.8 Å². The average Bonchev–Trinajstić information content (AvgIpc) is 2.61. The summed E-state index contributed by atoms with van der Waals surface area (Å²) in [6.45, 7) is 9.58. The third-order valence-corrected chi connectivity index (χ3v) is 4.68. The molecule has 1 saturated heterocycles. The minimum atomic E-state index is -0.479. The molecule has 1 heterocycles. The molecule has 6 nitrogen and oxygen atoms in total. The van der Waals surface area contributed by atoms with E-state index in [1.54, 1.807) is 24.1 Å². The summed E-state index contributed by atoms with van der Waals surface area (Å²) in [5.74, 6) is 0.982. The lowest BCUT2D eigenvalue weighted by Crippen LogP contribution is -2.43. The number of nitrogens with zero attached hydrogens (tertiary/aromatic N) is 1. The highest BCUT2D eigenvalue weighted by atomic mass is 16.6. The predicted octanol–water partition coefficient (Wildman–Crippen LogP) is 3.77. The molecule has 1 fully saturated rings. The topological polar surface area (TPSA) is 67.9 Å². The third-order valence-electron chi connectivity index (χ3n) is 4.68. The molecule has 1 aliphatic heterocycles.